The lowest BCUT2D eigenvalue weighted by atomic mass is 10.0. The number of likely N-dealkylation sites (N-methyl/N-ethyl adjacent to an activating group) is 1. The van der Waals surface area contributed by atoms with Crippen molar-refractivity contribution in [2.75, 3.05) is 7.05 Å². The van der Waals surface area contributed by atoms with E-state index in [-0.39, 0.29) is 5.91 Å². The molecular formula is C11H15NOS2. The summed E-state index contributed by atoms with van der Waals surface area (Å²) in [4.78, 5) is 13.0. The first-order valence-corrected chi connectivity index (χ1v) is 5.95. The average molecular weight is 241 g/mol. The lowest BCUT2D eigenvalue weighted by Gasteiger charge is -2.04. The predicted octanol–water partition coefficient (Wildman–Crippen LogP) is 2.36. The fourth-order valence-corrected chi connectivity index (χ4v) is 2.24. The highest BCUT2D eigenvalue weighted by Crippen LogP contribution is 2.27. The largest absolute Gasteiger partial charge is 0.355 e. The summed E-state index contributed by atoms with van der Waals surface area (Å²) in [5.74, 6) is -0.0917. The molecule has 1 amide bonds. The van der Waals surface area contributed by atoms with Crippen LogP contribution in [0.4, 0.5) is 0 Å². The molecule has 0 saturated carbocycles. The van der Waals surface area contributed by atoms with Crippen LogP contribution in [0.15, 0.2) is 11.1 Å². The van der Waals surface area contributed by atoms with E-state index in [2.05, 4.69) is 12.2 Å². The summed E-state index contributed by atoms with van der Waals surface area (Å²) in [5, 5.41) is 2.62. The zero-order valence-corrected chi connectivity index (χ0v) is 10.7. The molecule has 0 aromatic heterocycles. The average Bonchev–Trinajstić information content (AvgIpc) is 2.51. The topological polar surface area (TPSA) is 29.1 Å². The van der Waals surface area contributed by atoms with Crippen molar-refractivity contribution in [3.8, 4) is 0 Å². The number of carbonyl (C=O) groups is 1. The van der Waals surface area contributed by atoms with Crippen molar-refractivity contribution in [2.45, 2.75) is 32.6 Å². The van der Waals surface area contributed by atoms with E-state index < -0.39 is 0 Å². The Morgan fingerprint density at radius 3 is 2.67 bits per heavy atom. The van der Waals surface area contributed by atoms with Crippen LogP contribution < -0.4 is 5.32 Å². The number of hydrogen-bond acceptors (Lipinski definition) is 3. The fourth-order valence-electron chi connectivity index (χ4n) is 1.65. The van der Waals surface area contributed by atoms with E-state index in [1.54, 1.807) is 7.05 Å². The Morgan fingerprint density at radius 1 is 1.47 bits per heavy atom. The number of nitrogens with one attached hydrogen (secondary N) is 1. The SMILES string of the molecule is CCCCC1=C(C(=O)NC)C(=S)C(=S)C1. The third-order valence-electron chi connectivity index (χ3n) is 2.49. The second-order valence-electron chi connectivity index (χ2n) is 3.59. The van der Waals surface area contributed by atoms with Crippen LogP contribution in [0.3, 0.4) is 0 Å². The Kier molecular flexibility index (Phi) is 4.54. The molecule has 0 bridgehead atoms. The summed E-state index contributed by atoms with van der Waals surface area (Å²) in [6.07, 6.45) is 3.83. The number of allylic oxidation sites excluding steroid dienone is 1. The minimum Gasteiger partial charge on any atom is -0.355 e. The predicted molar refractivity (Wildman–Crippen MR) is 70.4 cm³/mol. The zero-order valence-electron chi connectivity index (χ0n) is 9.05. The highest BCUT2D eigenvalue weighted by molar-refractivity contribution is 7.90. The first-order valence-electron chi connectivity index (χ1n) is 5.13. The van der Waals surface area contributed by atoms with Gasteiger partial charge >= 0.3 is 0 Å². The maximum absolute atomic E-state index is 11.6. The first-order chi connectivity index (χ1) is 7.11. The highest BCUT2D eigenvalue weighted by atomic mass is 32.1. The lowest BCUT2D eigenvalue weighted by molar-refractivity contribution is -0.116. The number of hydrogen-bond donors (Lipinski definition) is 1. The van der Waals surface area contributed by atoms with Crippen LogP contribution in [0.25, 0.3) is 0 Å². The van der Waals surface area contributed by atoms with Gasteiger partial charge in [-0.2, -0.15) is 0 Å². The number of carbonyl (C=O) groups excluding carboxylic acids is 1. The Labute approximate surface area is 101 Å². The molecular weight excluding hydrogens is 226 g/mol. The molecule has 1 aliphatic rings. The summed E-state index contributed by atoms with van der Waals surface area (Å²) < 4.78 is 0. The fraction of sp³-hybridized carbons (Fsp3) is 0.545. The van der Waals surface area contributed by atoms with Crippen LogP contribution in [0, 0.1) is 0 Å². The van der Waals surface area contributed by atoms with E-state index >= 15 is 0 Å². The van der Waals surface area contributed by atoms with Gasteiger partial charge in [-0.25, -0.2) is 0 Å². The van der Waals surface area contributed by atoms with E-state index in [1.165, 1.54) is 0 Å². The third-order valence-corrected chi connectivity index (χ3v) is 3.42. The van der Waals surface area contributed by atoms with Crippen molar-refractivity contribution in [3.63, 3.8) is 0 Å². The van der Waals surface area contributed by atoms with Gasteiger partial charge in [-0.3, -0.25) is 4.79 Å². The van der Waals surface area contributed by atoms with E-state index in [1.807, 2.05) is 0 Å². The molecule has 1 rings (SSSR count). The summed E-state index contributed by atoms with van der Waals surface area (Å²) in [6.45, 7) is 2.13. The van der Waals surface area contributed by atoms with Gasteiger partial charge in [-0.05, 0) is 12.8 Å². The van der Waals surface area contributed by atoms with Gasteiger partial charge in [0.05, 0.1) is 10.4 Å². The molecule has 1 aliphatic carbocycles. The normalized spacial score (nSPS) is 16.1. The van der Waals surface area contributed by atoms with Crippen LogP contribution in [0.5, 0.6) is 0 Å². The quantitative estimate of drug-likeness (QED) is 0.766. The molecule has 0 saturated heterocycles. The molecule has 15 heavy (non-hydrogen) atoms. The third kappa shape index (κ3) is 2.69. The number of amides is 1. The van der Waals surface area contributed by atoms with Gasteiger partial charge in [0.25, 0.3) is 5.91 Å². The smallest absolute Gasteiger partial charge is 0.252 e. The molecule has 0 aromatic carbocycles. The second kappa shape index (κ2) is 5.47. The van der Waals surface area contributed by atoms with Crippen LogP contribution in [0.1, 0.15) is 32.6 Å². The molecule has 0 atom stereocenters. The van der Waals surface area contributed by atoms with E-state index in [4.69, 9.17) is 24.4 Å². The molecule has 0 spiro atoms. The maximum Gasteiger partial charge on any atom is 0.252 e. The van der Waals surface area contributed by atoms with Gasteiger partial charge in [0.2, 0.25) is 0 Å². The van der Waals surface area contributed by atoms with Crippen molar-refractivity contribution in [2.24, 2.45) is 0 Å². The van der Waals surface area contributed by atoms with E-state index in [9.17, 15) is 4.79 Å². The standard InChI is InChI=1S/C11H15NOS2/c1-3-4-5-7-6-8(14)10(15)9(7)11(13)12-2/h3-6H2,1-2H3,(H,12,13). The van der Waals surface area contributed by atoms with Crippen LogP contribution in [0.2, 0.25) is 0 Å². The molecule has 2 nitrogen and oxygen atoms in total. The summed E-state index contributed by atoms with van der Waals surface area (Å²) in [5.41, 5.74) is 1.78. The van der Waals surface area contributed by atoms with Gasteiger partial charge in [0, 0.05) is 18.3 Å². The molecule has 82 valence electrons. The minimum absolute atomic E-state index is 0.0917. The Hall–Kier alpha value is -0.610. The molecule has 0 fully saturated rings. The Bertz CT molecular complexity index is 344. The molecule has 0 unspecified atom stereocenters. The van der Waals surface area contributed by atoms with E-state index in [0.717, 1.165) is 29.7 Å². The van der Waals surface area contributed by atoms with Gasteiger partial charge in [-0.15, -0.1) is 0 Å². The minimum atomic E-state index is -0.0917. The number of thiocarbonyl (C=S) groups is 2. The van der Waals surface area contributed by atoms with Crippen molar-refractivity contribution in [1.82, 2.24) is 5.32 Å². The molecule has 4 heteroatoms. The lowest BCUT2D eigenvalue weighted by Crippen LogP contribution is -2.24. The van der Waals surface area contributed by atoms with Gasteiger partial charge in [0.1, 0.15) is 0 Å². The number of unbranched alkanes of at least 4 members (excludes halogenated alkanes) is 1. The Balaban J connectivity index is 2.93. The molecule has 0 aromatic rings. The van der Waals surface area contributed by atoms with Crippen molar-refractivity contribution in [1.29, 1.82) is 0 Å². The maximum atomic E-state index is 11.6. The van der Waals surface area contributed by atoms with Crippen LogP contribution in [-0.2, 0) is 4.79 Å². The van der Waals surface area contributed by atoms with Gasteiger partial charge in [-0.1, -0.05) is 43.4 Å². The summed E-state index contributed by atoms with van der Waals surface area (Å²) in [6, 6.07) is 0. The second-order valence-corrected chi connectivity index (χ2v) is 4.49. The zero-order chi connectivity index (χ0) is 11.4. The first kappa shape index (κ1) is 12.5. The van der Waals surface area contributed by atoms with E-state index in [0.29, 0.717) is 16.9 Å². The molecule has 0 radical (unpaired) electrons. The monoisotopic (exact) mass is 241 g/mol. The molecule has 1 N–H and O–H groups in total. The Morgan fingerprint density at radius 2 is 2.13 bits per heavy atom. The van der Waals surface area contributed by atoms with Gasteiger partial charge < -0.3 is 5.32 Å². The highest BCUT2D eigenvalue weighted by Gasteiger charge is 2.28. The van der Waals surface area contributed by atoms with Crippen LogP contribution in [-0.4, -0.2) is 22.7 Å². The number of rotatable bonds is 4. The molecule has 0 aliphatic heterocycles. The van der Waals surface area contributed by atoms with Crippen molar-refractivity contribution < 1.29 is 4.79 Å². The summed E-state index contributed by atoms with van der Waals surface area (Å²) in [7, 11) is 1.62. The van der Waals surface area contributed by atoms with Crippen molar-refractivity contribution >= 4 is 40.1 Å². The van der Waals surface area contributed by atoms with Crippen LogP contribution >= 0.6 is 24.4 Å². The molecule has 0 heterocycles. The van der Waals surface area contributed by atoms with Gasteiger partial charge in [0.15, 0.2) is 0 Å². The van der Waals surface area contributed by atoms with Crippen molar-refractivity contribution in [3.05, 3.63) is 11.1 Å². The summed E-state index contributed by atoms with van der Waals surface area (Å²) >= 11 is 10.3.